The van der Waals surface area contributed by atoms with Crippen LogP contribution in [-0.2, 0) is 16.0 Å². The Bertz CT molecular complexity index is 758. The number of rotatable bonds is 5. The summed E-state index contributed by atoms with van der Waals surface area (Å²) in [4.78, 5) is 26.3. The molecule has 1 aliphatic heterocycles. The SMILES string of the molecule is CN=C(NCCCc1nc2ccccc2[nH]1)N1CC(C)C(C(=O)OC)C1.I. The number of likely N-dealkylation sites (tertiary alicyclic amines) is 1. The number of nitrogens with zero attached hydrogens (tertiary/aromatic N) is 3. The molecule has 0 bridgehead atoms. The minimum Gasteiger partial charge on any atom is -0.469 e. The molecule has 2 aromatic rings. The van der Waals surface area contributed by atoms with Gasteiger partial charge in [0.05, 0.1) is 24.1 Å². The van der Waals surface area contributed by atoms with Crippen LogP contribution in [0, 0.1) is 11.8 Å². The van der Waals surface area contributed by atoms with Gasteiger partial charge in [-0.05, 0) is 24.5 Å². The number of para-hydroxylation sites is 2. The van der Waals surface area contributed by atoms with Crippen LogP contribution in [0.3, 0.4) is 0 Å². The number of aryl methyl sites for hydroxylation is 1. The summed E-state index contributed by atoms with van der Waals surface area (Å²) in [6.45, 7) is 4.34. The summed E-state index contributed by atoms with van der Waals surface area (Å²) in [7, 11) is 3.22. The minimum absolute atomic E-state index is 0. The summed E-state index contributed by atoms with van der Waals surface area (Å²) in [6.07, 6.45) is 1.82. The molecule has 0 aliphatic carbocycles. The number of guanidine groups is 1. The van der Waals surface area contributed by atoms with Crippen molar-refractivity contribution in [1.82, 2.24) is 20.2 Å². The first-order valence-corrected chi connectivity index (χ1v) is 9.09. The Morgan fingerprint density at radius 2 is 2.19 bits per heavy atom. The zero-order valence-corrected chi connectivity index (χ0v) is 18.4. The molecule has 27 heavy (non-hydrogen) atoms. The molecule has 0 radical (unpaired) electrons. The quantitative estimate of drug-likeness (QED) is 0.224. The number of H-pyrrole nitrogens is 1. The monoisotopic (exact) mass is 485 g/mol. The number of aromatic amines is 1. The van der Waals surface area contributed by atoms with Crippen molar-refractivity contribution in [3.63, 3.8) is 0 Å². The lowest BCUT2D eigenvalue weighted by Crippen LogP contribution is -2.41. The minimum atomic E-state index is -0.139. The lowest BCUT2D eigenvalue weighted by molar-refractivity contribution is -0.145. The molecule has 1 fully saturated rings. The van der Waals surface area contributed by atoms with Crippen molar-refractivity contribution in [3.8, 4) is 0 Å². The third-order valence-corrected chi connectivity index (χ3v) is 4.94. The van der Waals surface area contributed by atoms with Crippen molar-refractivity contribution in [3.05, 3.63) is 30.1 Å². The van der Waals surface area contributed by atoms with Crippen LogP contribution in [0.25, 0.3) is 11.0 Å². The van der Waals surface area contributed by atoms with Gasteiger partial charge in [-0.2, -0.15) is 0 Å². The van der Waals surface area contributed by atoms with Crippen molar-refractivity contribution in [2.24, 2.45) is 16.8 Å². The molecular formula is C19H28IN5O2. The van der Waals surface area contributed by atoms with E-state index in [0.29, 0.717) is 6.54 Å². The molecule has 7 nitrogen and oxygen atoms in total. The molecule has 1 aromatic heterocycles. The summed E-state index contributed by atoms with van der Waals surface area (Å²) in [5.74, 6) is 1.88. The van der Waals surface area contributed by atoms with E-state index in [9.17, 15) is 4.79 Å². The number of esters is 1. The largest absolute Gasteiger partial charge is 0.469 e. The van der Waals surface area contributed by atoms with Crippen LogP contribution >= 0.6 is 24.0 Å². The average molecular weight is 485 g/mol. The number of halogens is 1. The highest BCUT2D eigenvalue weighted by atomic mass is 127. The van der Waals surface area contributed by atoms with Crippen LogP contribution in [0.5, 0.6) is 0 Å². The lowest BCUT2D eigenvalue weighted by atomic mass is 9.99. The number of aromatic nitrogens is 2. The van der Waals surface area contributed by atoms with E-state index in [4.69, 9.17) is 4.74 Å². The molecule has 0 spiro atoms. The fourth-order valence-corrected chi connectivity index (χ4v) is 3.51. The highest BCUT2D eigenvalue weighted by Crippen LogP contribution is 2.24. The second-order valence-electron chi connectivity index (χ2n) is 6.79. The Hall–Kier alpha value is -1.84. The number of methoxy groups -OCH3 is 1. The van der Waals surface area contributed by atoms with Crippen molar-refractivity contribution in [1.29, 1.82) is 0 Å². The summed E-state index contributed by atoms with van der Waals surface area (Å²) in [5.41, 5.74) is 2.08. The normalized spacial score (nSPS) is 19.8. The Morgan fingerprint density at radius 1 is 1.41 bits per heavy atom. The third-order valence-electron chi connectivity index (χ3n) is 4.94. The van der Waals surface area contributed by atoms with Gasteiger partial charge in [-0.1, -0.05) is 19.1 Å². The first-order valence-electron chi connectivity index (χ1n) is 9.09. The first-order chi connectivity index (χ1) is 12.6. The van der Waals surface area contributed by atoms with Crippen LogP contribution in [0.1, 0.15) is 19.2 Å². The van der Waals surface area contributed by atoms with Gasteiger partial charge in [0.1, 0.15) is 5.82 Å². The Labute approximate surface area is 177 Å². The molecule has 2 heterocycles. The number of ether oxygens (including phenoxy) is 1. The van der Waals surface area contributed by atoms with Gasteiger partial charge < -0.3 is 19.9 Å². The summed E-state index contributed by atoms with van der Waals surface area (Å²) in [5, 5.41) is 3.40. The van der Waals surface area contributed by atoms with Gasteiger partial charge in [0.2, 0.25) is 0 Å². The molecule has 2 atom stereocenters. The number of carbonyl (C=O) groups is 1. The van der Waals surface area contributed by atoms with E-state index in [1.807, 2.05) is 24.3 Å². The van der Waals surface area contributed by atoms with E-state index in [2.05, 4.69) is 32.1 Å². The summed E-state index contributed by atoms with van der Waals surface area (Å²) in [6, 6.07) is 8.06. The second-order valence-corrected chi connectivity index (χ2v) is 6.79. The molecule has 8 heteroatoms. The fourth-order valence-electron chi connectivity index (χ4n) is 3.51. The number of carbonyl (C=O) groups excluding carboxylic acids is 1. The van der Waals surface area contributed by atoms with E-state index in [1.165, 1.54) is 7.11 Å². The predicted molar refractivity (Wildman–Crippen MR) is 117 cm³/mol. The van der Waals surface area contributed by atoms with Crippen LogP contribution in [0.15, 0.2) is 29.3 Å². The highest BCUT2D eigenvalue weighted by Gasteiger charge is 2.36. The molecule has 0 saturated carbocycles. The molecule has 1 aliphatic rings. The van der Waals surface area contributed by atoms with Crippen molar-refractivity contribution >= 4 is 46.9 Å². The first kappa shape index (κ1) is 21.5. The number of benzene rings is 1. The van der Waals surface area contributed by atoms with Gasteiger partial charge in [-0.25, -0.2) is 4.98 Å². The van der Waals surface area contributed by atoms with Crippen LogP contribution in [0.2, 0.25) is 0 Å². The van der Waals surface area contributed by atoms with E-state index in [0.717, 1.165) is 48.7 Å². The zero-order chi connectivity index (χ0) is 18.5. The topological polar surface area (TPSA) is 82.6 Å². The Morgan fingerprint density at radius 3 is 2.89 bits per heavy atom. The number of hydrogen-bond acceptors (Lipinski definition) is 4. The van der Waals surface area contributed by atoms with E-state index in [1.54, 1.807) is 7.05 Å². The summed E-state index contributed by atoms with van der Waals surface area (Å²) < 4.78 is 4.90. The Kier molecular flexibility index (Phi) is 7.88. The molecule has 0 amide bonds. The molecule has 1 aromatic carbocycles. The summed E-state index contributed by atoms with van der Waals surface area (Å²) >= 11 is 0. The van der Waals surface area contributed by atoms with Crippen LogP contribution in [-0.4, -0.2) is 60.6 Å². The molecule has 1 saturated heterocycles. The van der Waals surface area contributed by atoms with Crippen molar-refractivity contribution < 1.29 is 9.53 Å². The van der Waals surface area contributed by atoms with Gasteiger partial charge in [-0.15, -0.1) is 24.0 Å². The number of hydrogen-bond donors (Lipinski definition) is 2. The Balaban J connectivity index is 0.00000261. The van der Waals surface area contributed by atoms with Crippen molar-refractivity contribution in [2.75, 3.05) is 33.8 Å². The van der Waals surface area contributed by atoms with Crippen molar-refractivity contribution in [2.45, 2.75) is 19.8 Å². The van der Waals surface area contributed by atoms with Gasteiger partial charge in [0.25, 0.3) is 0 Å². The van der Waals surface area contributed by atoms with E-state index in [-0.39, 0.29) is 41.8 Å². The van der Waals surface area contributed by atoms with Crippen LogP contribution < -0.4 is 5.32 Å². The maximum Gasteiger partial charge on any atom is 0.310 e. The van der Waals surface area contributed by atoms with E-state index < -0.39 is 0 Å². The van der Waals surface area contributed by atoms with Gasteiger partial charge in [-0.3, -0.25) is 9.79 Å². The van der Waals surface area contributed by atoms with Crippen LogP contribution in [0.4, 0.5) is 0 Å². The number of nitrogens with one attached hydrogen (secondary N) is 2. The maximum absolute atomic E-state index is 11.9. The standard InChI is InChI=1S/C19H27N5O2.HI/c1-13-11-24(12-14(13)18(25)26-3)19(20-2)21-10-6-9-17-22-15-7-4-5-8-16(15)23-17;/h4-5,7-8,13-14H,6,9-12H2,1-3H3,(H,20,21)(H,22,23);1H. The second kappa shape index (κ2) is 9.91. The molecule has 148 valence electrons. The average Bonchev–Trinajstić information content (AvgIpc) is 3.24. The predicted octanol–water partition coefficient (Wildman–Crippen LogP) is 2.43. The van der Waals surface area contributed by atoms with Gasteiger partial charge in [0, 0.05) is 33.1 Å². The van der Waals surface area contributed by atoms with Gasteiger partial charge >= 0.3 is 5.97 Å². The fraction of sp³-hybridized carbons (Fsp3) is 0.526. The molecule has 2 unspecified atom stereocenters. The third kappa shape index (κ3) is 5.12. The molecule has 3 rings (SSSR count). The maximum atomic E-state index is 11.9. The zero-order valence-electron chi connectivity index (χ0n) is 16.1. The molecule has 2 N–H and O–H groups in total. The lowest BCUT2D eigenvalue weighted by Gasteiger charge is -2.21. The van der Waals surface area contributed by atoms with Gasteiger partial charge in [0.15, 0.2) is 5.96 Å². The number of imidazole rings is 1. The molecular weight excluding hydrogens is 457 g/mol. The number of aliphatic imine (C=N–C) groups is 1. The highest BCUT2D eigenvalue weighted by molar-refractivity contribution is 14.0. The smallest absolute Gasteiger partial charge is 0.310 e. The number of fused-ring (bicyclic) bond motifs is 1. The van der Waals surface area contributed by atoms with E-state index >= 15 is 0 Å².